The molecule has 1 atom stereocenters. The summed E-state index contributed by atoms with van der Waals surface area (Å²) in [5, 5.41) is 2.73. The number of hydrogen-bond acceptors (Lipinski definition) is 3. The maximum atomic E-state index is 11.4. The Morgan fingerprint density at radius 3 is 2.50 bits per heavy atom. The molecular formula is C11H23N3O2. The molecule has 94 valence electrons. The number of nitrogens with one attached hydrogen (secondary N) is 1. The molecule has 16 heavy (non-hydrogen) atoms. The topological polar surface area (TPSA) is 75.4 Å². The third kappa shape index (κ3) is 6.40. The lowest BCUT2D eigenvalue weighted by Gasteiger charge is -2.12. The van der Waals surface area contributed by atoms with E-state index in [-0.39, 0.29) is 11.8 Å². The lowest BCUT2D eigenvalue weighted by Crippen LogP contribution is -2.41. The molecule has 0 aliphatic rings. The molecule has 0 aromatic heterocycles. The van der Waals surface area contributed by atoms with Gasteiger partial charge in [0.25, 0.3) is 0 Å². The molecule has 3 N–H and O–H groups in total. The first-order valence-electron chi connectivity index (χ1n) is 5.72. The molecule has 0 aromatic rings. The van der Waals surface area contributed by atoms with Crippen molar-refractivity contribution in [2.75, 3.05) is 20.6 Å². The van der Waals surface area contributed by atoms with E-state index in [0.717, 1.165) is 6.42 Å². The van der Waals surface area contributed by atoms with Crippen LogP contribution in [-0.4, -0.2) is 43.4 Å². The highest BCUT2D eigenvalue weighted by molar-refractivity contribution is 5.81. The molecule has 0 spiro atoms. The lowest BCUT2D eigenvalue weighted by atomic mass is 10.1. The van der Waals surface area contributed by atoms with Crippen LogP contribution in [0, 0.1) is 0 Å². The molecule has 0 heterocycles. The van der Waals surface area contributed by atoms with Gasteiger partial charge in [-0.15, -0.1) is 0 Å². The highest BCUT2D eigenvalue weighted by atomic mass is 16.2. The van der Waals surface area contributed by atoms with Crippen LogP contribution in [0.15, 0.2) is 0 Å². The minimum absolute atomic E-state index is 0.0760. The minimum Gasteiger partial charge on any atom is -0.355 e. The molecule has 0 radical (unpaired) electrons. The molecule has 0 saturated heterocycles. The van der Waals surface area contributed by atoms with Crippen LogP contribution in [0.1, 0.15) is 32.6 Å². The second-order valence-corrected chi connectivity index (χ2v) is 4.08. The highest BCUT2D eigenvalue weighted by Crippen LogP contribution is 1.95. The Kier molecular flexibility index (Phi) is 7.54. The van der Waals surface area contributed by atoms with Gasteiger partial charge in [-0.1, -0.05) is 13.3 Å². The molecule has 2 amide bonds. The fraction of sp³-hybridized carbons (Fsp3) is 0.818. The average molecular weight is 229 g/mol. The van der Waals surface area contributed by atoms with Gasteiger partial charge in [-0.25, -0.2) is 0 Å². The van der Waals surface area contributed by atoms with Gasteiger partial charge in [0.1, 0.15) is 0 Å². The predicted molar refractivity (Wildman–Crippen MR) is 63.8 cm³/mol. The Morgan fingerprint density at radius 2 is 2.00 bits per heavy atom. The Labute approximate surface area is 97.4 Å². The number of carbonyl (C=O) groups is 2. The van der Waals surface area contributed by atoms with Crippen molar-refractivity contribution in [3.8, 4) is 0 Å². The average Bonchev–Trinajstić information content (AvgIpc) is 2.23. The van der Waals surface area contributed by atoms with Crippen LogP contribution in [0.4, 0.5) is 0 Å². The second-order valence-electron chi connectivity index (χ2n) is 4.08. The van der Waals surface area contributed by atoms with Crippen LogP contribution in [0.2, 0.25) is 0 Å². The molecule has 0 aliphatic carbocycles. The van der Waals surface area contributed by atoms with Gasteiger partial charge in [0.2, 0.25) is 11.8 Å². The quantitative estimate of drug-likeness (QED) is 0.608. The van der Waals surface area contributed by atoms with Crippen molar-refractivity contribution in [2.24, 2.45) is 5.73 Å². The van der Waals surface area contributed by atoms with Gasteiger partial charge in [-0.05, 0) is 12.8 Å². The van der Waals surface area contributed by atoms with Gasteiger partial charge in [-0.2, -0.15) is 0 Å². The van der Waals surface area contributed by atoms with E-state index in [1.54, 1.807) is 19.0 Å². The minimum atomic E-state index is -0.422. The maximum absolute atomic E-state index is 11.4. The molecule has 5 nitrogen and oxygen atoms in total. The summed E-state index contributed by atoms with van der Waals surface area (Å²) in [5.41, 5.74) is 5.63. The molecule has 0 aliphatic heterocycles. The summed E-state index contributed by atoms with van der Waals surface area (Å²) in [6, 6.07) is -0.422. The first-order chi connectivity index (χ1) is 7.49. The molecular weight excluding hydrogens is 206 g/mol. The molecule has 0 aromatic carbocycles. The van der Waals surface area contributed by atoms with E-state index in [0.29, 0.717) is 25.8 Å². The van der Waals surface area contributed by atoms with E-state index in [1.807, 2.05) is 6.92 Å². The van der Waals surface area contributed by atoms with Crippen molar-refractivity contribution in [3.05, 3.63) is 0 Å². The molecule has 0 bridgehead atoms. The van der Waals surface area contributed by atoms with Crippen LogP contribution < -0.4 is 11.1 Å². The number of carbonyl (C=O) groups excluding carboxylic acids is 2. The summed E-state index contributed by atoms with van der Waals surface area (Å²) < 4.78 is 0. The smallest absolute Gasteiger partial charge is 0.236 e. The Hall–Kier alpha value is -1.10. The number of amides is 2. The number of rotatable bonds is 7. The van der Waals surface area contributed by atoms with Crippen molar-refractivity contribution in [3.63, 3.8) is 0 Å². The fourth-order valence-electron chi connectivity index (χ4n) is 1.25. The maximum Gasteiger partial charge on any atom is 0.236 e. The Morgan fingerprint density at radius 1 is 1.38 bits per heavy atom. The van der Waals surface area contributed by atoms with Crippen molar-refractivity contribution < 1.29 is 9.59 Å². The van der Waals surface area contributed by atoms with E-state index in [1.165, 1.54) is 0 Å². The first-order valence-corrected chi connectivity index (χ1v) is 5.72. The Bertz CT molecular complexity index is 229. The standard InChI is InChI=1S/C11H23N3O2/c1-4-6-9(12)11(16)13-8-5-7-10(15)14(2)3/h9H,4-8,12H2,1-3H3,(H,13,16). The van der Waals surface area contributed by atoms with Crippen LogP contribution in [0.25, 0.3) is 0 Å². The van der Waals surface area contributed by atoms with Gasteiger partial charge in [0.15, 0.2) is 0 Å². The summed E-state index contributed by atoms with van der Waals surface area (Å²) in [4.78, 5) is 24.1. The van der Waals surface area contributed by atoms with Crippen molar-refractivity contribution in [1.82, 2.24) is 10.2 Å². The molecule has 0 rings (SSSR count). The summed E-state index contributed by atoms with van der Waals surface area (Å²) in [7, 11) is 3.44. The van der Waals surface area contributed by atoms with Gasteiger partial charge >= 0.3 is 0 Å². The molecule has 0 saturated carbocycles. The van der Waals surface area contributed by atoms with Gasteiger partial charge < -0.3 is 16.0 Å². The summed E-state index contributed by atoms with van der Waals surface area (Å²) in [5.74, 6) is -0.0498. The number of nitrogens with zero attached hydrogens (tertiary/aromatic N) is 1. The van der Waals surface area contributed by atoms with E-state index in [9.17, 15) is 9.59 Å². The predicted octanol–water partition coefficient (Wildman–Crippen LogP) is 0.0984. The largest absolute Gasteiger partial charge is 0.355 e. The molecule has 0 fully saturated rings. The van der Waals surface area contributed by atoms with Crippen LogP contribution in [0.5, 0.6) is 0 Å². The van der Waals surface area contributed by atoms with Gasteiger partial charge in [-0.3, -0.25) is 9.59 Å². The highest BCUT2D eigenvalue weighted by Gasteiger charge is 2.11. The van der Waals surface area contributed by atoms with E-state index >= 15 is 0 Å². The van der Waals surface area contributed by atoms with Crippen molar-refractivity contribution in [1.29, 1.82) is 0 Å². The zero-order valence-electron chi connectivity index (χ0n) is 10.5. The summed E-state index contributed by atoms with van der Waals surface area (Å²) in [6.45, 7) is 2.50. The third-order valence-electron chi connectivity index (χ3n) is 2.30. The van der Waals surface area contributed by atoms with E-state index in [2.05, 4.69) is 5.32 Å². The lowest BCUT2D eigenvalue weighted by molar-refractivity contribution is -0.129. The number of hydrogen-bond donors (Lipinski definition) is 2. The third-order valence-corrected chi connectivity index (χ3v) is 2.30. The van der Waals surface area contributed by atoms with Crippen LogP contribution in [-0.2, 0) is 9.59 Å². The fourth-order valence-corrected chi connectivity index (χ4v) is 1.25. The molecule has 1 unspecified atom stereocenters. The van der Waals surface area contributed by atoms with Crippen LogP contribution >= 0.6 is 0 Å². The summed E-state index contributed by atoms with van der Waals surface area (Å²) in [6.07, 6.45) is 2.70. The first kappa shape index (κ1) is 14.9. The van der Waals surface area contributed by atoms with E-state index in [4.69, 9.17) is 5.73 Å². The normalized spacial score (nSPS) is 12.0. The molecule has 5 heteroatoms. The van der Waals surface area contributed by atoms with Crippen molar-refractivity contribution in [2.45, 2.75) is 38.6 Å². The SMILES string of the molecule is CCCC(N)C(=O)NCCCC(=O)N(C)C. The monoisotopic (exact) mass is 229 g/mol. The van der Waals surface area contributed by atoms with Gasteiger partial charge in [0.05, 0.1) is 6.04 Å². The van der Waals surface area contributed by atoms with E-state index < -0.39 is 6.04 Å². The van der Waals surface area contributed by atoms with Crippen molar-refractivity contribution >= 4 is 11.8 Å². The Balaban J connectivity index is 3.59. The second kappa shape index (κ2) is 8.10. The zero-order valence-corrected chi connectivity index (χ0v) is 10.5. The number of nitrogens with two attached hydrogens (primary N) is 1. The zero-order chi connectivity index (χ0) is 12.6. The van der Waals surface area contributed by atoms with Gasteiger partial charge in [0, 0.05) is 27.1 Å². The van der Waals surface area contributed by atoms with Crippen LogP contribution in [0.3, 0.4) is 0 Å². The summed E-state index contributed by atoms with van der Waals surface area (Å²) >= 11 is 0.